The highest BCUT2D eigenvalue weighted by atomic mass is 32.2. The molecule has 0 bridgehead atoms. The topological polar surface area (TPSA) is 110 Å². The van der Waals surface area contributed by atoms with Gasteiger partial charge in [-0.2, -0.15) is 0 Å². The van der Waals surface area contributed by atoms with Crippen molar-refractivity contribution in [1.29, 1.82) is 0 Å². The maximum atomic E-state index is 12.3. The predicted molar refractivity (Wildman–Crippen MR) is 93.5 cm³/mol. The van der Waals surface area contributed by atoms with Gasteiger partial charge in [0.15, 0.2) is 6.61 Å². The van der Waals surface area contributed by atoms with E-state index in [4.69, 9.17) is 14.6 Å². The summed E-state index contributed by atoms with van der Waals surface area (Å²) in [5.41, 5.74) is 0.628. The van der Waals surface area contributed by atoms with Gasteiger partial charge in [0.2, 0.25) is 0 Å². The van der Waals surface area contributed by atoms with Crippen molar-refractivity contribution >= 4 is 40.9 Å². The van der Waals surface area contributed by atoms with Crippen LogP contribution in [0.15, 0.2) is 29.2 Å². The third-order valence-corrected chi connectivity index (χ3v) is 3.98. The second-order valence-electron chi connectivity index (χ2n) is 5.56. The molecule has 1 aliphatic heterocycles. The van der Waals surface area contributed by atoms with Crippen molar-refractivity contribution in [2.45, 2.75) is 20.0 Å². The van der Waals surface area contributed by atoms with Crippen LogP contribution in [0.3, 0.4) is 0 Å². The van der Waals surface area contributed by atoms with Crippen LogP contribution in [0.4, 0.5) is 4.79 Å². The fourth-order valence-corrected chi connectivity index (χ4v) is 2.86. The normalized spacial score (nSPS) is 15.7. The van der Waals surface area contributed by atoms with E-state index >= 15 is 0 Å². The quantitative estimate of drug-likeness (QED) is 0.567. The van der Waals surface area contributed by atoms with Crippen molar-refractivity contribution in [3.8, 4) is 5.75 Å². The summed E-state index contributed by atoms with van der Waals surface area (Å²) in [6, 6.07) is 6.36. The molecule has 9 heteroatoms. The number of nitrogens with zero attached hydrogens (tertiary/aromatic N) is 1. The molecule has 0 aromatic heterocycles. The van der Waals surface area contributed by atoms with Gasteiger partial charge in [-0.25, -0.2) is 4.79 Å². The third-order valence-electron chi connectivity index (χ3n) is 3.07. The number of benzene rings is 1. The number of esters is 1. The second-order valence-corrected chi connectivity index (χ2v) is 6.55. The van der Waals surface area contributed by atoms with Gasteiger partial charge in [0, 0.05) is 0 Å². The Kier molecular flexibility index (Phi) is 6.40. The number of amides is 2. The smallest absolute Gasteiger partial charge is 0.341 e. The molecule has 1 aromatic carbocycles. The van der Waals surface area contributed by atoms with Gasteiger partial charge in [-0.05, 0) is 49.4 Å². The maximum absolute atomic E-state index is 12.3. The molecular formula is C17H17NO7S. The molecule has 138 valence electrons. The van der Waals surface area contributed by atoms with Crippen LogP contribution in [0.25, 0.3) is 6.08 Å². The average molecular weight is 379 g/mol. The van der Waals surface area contributed by atoms with E-state index in [1.807, 2.05) is 0 Å². The molecule has 2 amide bonds. The summed E-state index contributed by atoms with van der Waals surface area (Å²) in [4.78, 5) is 47.4. The molecule has 0 spiro atoms. The van der Waals surface area contributed by atoms with E-state index in [2.05, 4.69) is 0 Å². The molecule has 1 aliphatic rings. The molecule has 0 saturated carbocycles. The van der Waals surface area contributed by atoms with Crippen molar-refractivity contribution in [2.75, 3.05) is 13.2 Å². The number of hydrogen-bond donors (Lipinski definition) is 1. The first-order valence-corrected chi connectivity index (χ1v) is 8.47. The van der Waals surface area contributed by atoms with E-state index in [0.717, 1.165) is 16.7 Å². The van der Waals surface area contributed by atoms with Gasteiger partial charge in [0.1, 0.15) is 12.3 Å². The lowest BCUT2D eigenvalue weighted by molar-refractivity contribution is -0.149. The van der Waals surface area contributed by atoms with E-state index in [0.29, 0.717) is 11.3 Å². The van der Waals surface area contributed by atoms with E-state index in [9.17, 15) is 19.2 Å². The zero-order valence-corrected chi connectivity index (χ0v) is 14.9. The second kappa shape index (κ2) is 8.52. The first-order chi connectivity index (χ1) is 12.3. The largest absolute Gasteiger partial charge is 0.482 e. The summed E-state index contributed by atoms with van der Waals surface area (Å²) in [7, 11) is 0. The molecule has 1 heterocycles. The SMILES string of the molecule is CC(C)OC(=O)CN1C(=O)S/C(=C/c2ccc(OCC(=O)O)cc2)C1=O. The molecular weight excluding hydrogens is 362 g/mol. The highest BCUT2D eigenvalue weighted by Gasteiger charge is 2.36. The van der Waals surface area contributed by atoms with Gasteiger partial charge < -0.3 is 14.6 Å². The number of imide groups is 1. The number of rotatable bonds is 7. The molecule has 1 aromatic rings. The van der Waals surface area contributed by atoms with Crippen LogP contribution in [-0.4, -0.2) is 52.3 Å². The Morgan fingerprint density at radius 1 is 1.23 bits per heavy atom. The number of carboxylic acids is 1. The van der Waals surface area contributed by atoms with Gasteiger partial charge in [0.25, 0.3) is 11.1 Å². The lowest BCUT2D eigenvalue weighted by Gasteiger charge is -2.13. The van der Waals surface area contributed by atoms with Crippen LogP contribution in [0, 0.1) is 0 Å². The highest BCUT2D eigenvalue weighted by Crippen LogP contribution is 2.32. The predicted octanol–water partition coefficient (Wildman–Crippen LogP) is 2.14. The fourth-order valence-electron chi connectivity index (χ4n) is 2.02. The van der Waals surface area contributed by atoms with Crippen LogP contribution in [0.5, 0.6) is 5.75 Å². The van der Waals surface area contributed by atoms with Crippen molar-refractivity contribution < 1.29 is 33.8 Å². The minimum atomic E-state index is -1.08. The summed E-state index contributed by atoms with van der Waals surface area (Å²) in [5, 5.41) is 8.03. The van der Waals surface area contributed by atoms with Crippen molar-refractivity contribution in [2.24, 2.45) is 0 Å². The lowest BCUT2D eigenvalue weighted by atomic mass is 10.2. The Morgan fingerprint density at radius 2 is 1.88 bits per heavy atom. The molecule has 1 fully saturated rings. The number of aliphatic carboxylic acids is 1. The number of carbonyl (C=O) groups is 4. The Hall–Kier alpha value is -2.81. The van der Waals surface area contributed by atoms with Gasteiger partial charge in [-0.3, -0.25) is 19.3 Å². The standard InChI is InChI=1S/C17H17NO7S/c1-10(2)25-15(21)8-18-16(22)13(26-17(18)23)7-11-3-5-12(6-4-11)24-9-14(19)20/h3-7,10H,8-9H2,1-2H3,(H,19,20)/b13-7+. The third kappa shape index (κ3) is 5.35. The van der Waals surface area contributed by atoms with Crippen LogP contribution < -0.4 is 4.74 Å². The number of thioether (sulfide) groups is 1. The van der Waals surface area contributed by atoms with Crippen molar-refractivity contribution in [1.82, 2.24) is 4.90 Å². The molecule has 1 N–H and O–H groups in total. The monoisotopic (exact) mass is 379 g/mol. The minimum absolute atomic E-state index is 0.187. The number of carboxylic acid groups (broad SMARTS) is 1. The van der Waals surface area contributed by atoms with Crippen LogP contribution in [0.1, 0.15) is 19.4 Å². The lowest BCUT2D eigenvalue weighted by Crippen LogP contribution is -2.35. The van der Waals surface area contributed by atoms with Gasteiger partial charge >= 0.3 is 11.9 Å². The summed E-state index contributed by atoms with van der Waals surface area (Å²) >= 11 is 0.738. The summed E-state index contributed by atoms with van der Waals surface area (Å²) < 4.78 is 9.96. The first-order valence-electron chi connectivity index (χ1n) is 7.65. The van der Waals surface area contributed by atoms with Crippen molar-refractivity contribution in [3.05, 3.63) is 34.7 Å². The Morgan fingerprint density at radius 3 is 2.46 bits per heavy atom. The Labute approximate surface area is 153 Å². The molecule has 8 nitrogen and oxygen atoms in total. The maximum Gasteiger partial charge on any atom is 0.341 e. The Bertz CT molecular complexity index is 755. The van der Waals surface area contributed by atoms with E-state index < -0.39 is 36.2 Å². The van der Waals surface area contributed by atoms with Crippen LogP contribution in [0.2, 0.25) is 0 Å². The molecule has 0 unspecified atom stereocenters. The summed E-state index contributed by atoms with van der Waals surface area (Å²) in [5.74, 6) is -1.93. The van der Waals surface area contributed by atoms with E-state index in [1.54, 1.807) is 38.1 Å². The van der Waals surface area contributed by atoms with E-state index in [1.165, 1.54) is 6.08 Å². The van der Waals surface area contributed by atoms with Gasteiger partial charge in [0.05, 0.1) is 11.0 Å². The molecule has 1 saturated heterocycles. The minimum Gasteiger partial charge on any atom is -0.482 e. The zero-order valence-electron chi connectivity index (χ0n) is 14.1. The molecule has 26 heavy (non-hydrogen) atoms. The van der Waals surface area contributed by atoms with Gasteiger partial charge in [-0.1, -0.05) is 12.1 Å². The molecule has 0 atom stereocenters. The first kappa shape index (κ1) is 19.5. The van der Waals surface area contributed by atoms with Crippen LogP contribution in [-0.2, 0) is 19.1 Å². The fraction of sp³-hybridized carbons (Fsp3) is 0.294. The summed E-state index contributed by atoms with van der Waals surface area (Å²) in [6.45, 7) is 2.47. The number of hydrogen-bond acceptors (Lipinski definition) is 7. The van der Waals surface area contributed by atoms with E-state index in [-0.39, 0.29) is 11.0 Å². The number of carbonyl (C=O) groups excluding carboxylic acids is 3. The van der Waals surface area contributed by atoms with Crippen molar-refractivity contribution in [3.63, 3.8) is 0 Å². The number of ether oxygens (including phenoxy) is 2. The molecule has 0 aliphatic carbocycles. The molecule has 2 rings (SSSR count). The highest BCUT2D eigenvalue weighted by molar-refractivity contribution is 8.18. The molecule has 0 radical (unpaired) electrons. The Balaban J connectivity index is 2.04. The average Bonchev–Trinajstić information content (AvgIpc) is 2.81. The summed E-state index contributed by atoms with van der Waals surface area (Å²) in [6.07, 6.45) is 1.18. The van der Waals surface area contributed by atoms with Gasteiger partial charge in [-0.15, -0.1) is 0 Å². The van der Waals surface area contributed by atoms with Crippen LogP contribution >= 0.6 is 11.8 Å². The zero-order chi connectivity index (χ0) is 19.3.